The van der Waals surface area contributed by atoms with Gasteiger partial charge in [-0.3, -0.25) is 9.69 Å². The van der Waals surface area contributed by atoms with Crippen molar-refractivity contribution in [1.29, 1.82) is 0 Å². The van der Waals surface area contributed by atoms with Crippen LogP contribution in [0.5, 0.6) is 0 Å². The molecule has 1 atom stereocenters. The van der Waals surface area contributed by atoms with Gasteiger partial charge in [0.05, 0.1) is 6.10 Å². The topological polar surface area (TPSA) is 42.0 Å². The molecule has 0 aromatic heterocycles. The average molecular weight is 387 g/mol. The Labute approximate surface area is 169 Å². The van der Waals surface area contributed by atoms with Crippen molar-refractivity contribution in [3.8, 4) is 0 Å². The van der Waals surface area contributed by atoms with Crippen molar-refractivity contribution in [3.63, 3.8) is 0 Å². The molecule has 4 rings (SSSR count). The van der Waals surface area contributed by atoms with Gasteiger partial charge in [0, 0.05) is 32.8 Å². The Bertz CT molecular complexity index is 626. The van der Waals surface area contributed by atoms with Crippen molar-refractivity contribution in [3.05, 3.63) is 35.4 Å². The minimum atomic E-state index is 0.103. The summed E-state index contributed by atoms with van der Waals surface area (Å²) in [5.41, 5.74) is 3.06. The van der Waals surface area contributed by atoms with Crippen molar-refractivity contribution in [2.75, 3.05) is 46.5 Å². The van der Waals surface area contributed by atoms with Crippen molar-refractivity contribution in [1.82, 2.24) is 9.80 Å². The van der Waals surface area contributed by atoms with E-state index in [1.54, 1.807) is 7.11 Å². The number of hydrogen-bond acceptors (Lipinski definition) is 4. The van der Waals surface area contributed by atoms with Crippen molar-refractivity contribution < 1.29 is 14.3 Å². The molecule has 0 N–H and O–H groups in total. The molecule has 0 spiro atoms. The molecule has 0 radical (unpaired) electrons. The summed E-state index contributed by atoms with van der Waals surface area (Å²) in [6, 6.07) is 9.55. The third-order valence-electron chi connectivity index (χ3n) is 6.74. The molecular formula is C23H34N2O3. The molecule has 0 unspecified atom stereocenters. The van der Waals surface area contributed by atoms with E-state index in [-0.39, 0.29) is 18.6 Å². The predicted octanol–water partition coefficient (Wildman–Crippen LogP) is 2.52. The monoisotopic (exact) mass is 386 g/mol. The molecule has 0 bridgehead atoms. The lowest BCUT2D eigenvalue weighted by atomic mass is 9.94. The number of amides is 1. The number of benzene rings is 1. The second-order valence-corrected chi connectivity index (χ2v) is 8.68. The number of piperidine rings is 1. The molecule has 1 aromatic carbocycles. The van der Waals surface area contributed by atoms with E-state index in [4.69, 9.17) is 9.47 Å². The third kappa shape index (κ3) is 4.76. The SMILES string of the molecule is COCC(=O)N(CC1CCN(C2Cc3ccccc3C2)CC1)C[C@H]1CCCO1. The van der Waals surface area contributed by atoms with E-state index in [1.165, 1.54) is 36.8 Å². The van der Waals surface area contributed by atoms with Gasteiger partial charge in [-0.2, -0.15) is 0 Å². The summed E-state index contributed by atoms with van der Waals surface area (Å²) in [4.78, 5) is 17.2. The molecule has 1 aromatic rings. The molecular weight excluding hydrogens is 352 g/mol. The Balaban J connectivity index is 1.28. The standard InChI is InChI=1S/C23H34N2O3/c1-27-17-23(26)25(16-22-7-4-12-28-22)15-18-8-10-24(11-9-18)21-13-19-5-2-3-6-20(19)14-21/h2-3,5-6,18,21-22H,4,7-17H2,1H3/t22-/m1/s1. The Morgan fingerprint density at radius 1 is 1.14 bits per heavy atom. The van der Waals surface area contributed by atoms with Gasteiger partial charge in [-0.25, -0.2) is 0 Å². The van der Waals surface area contributed by atoms with E-state index in [0.717, 1.165) is 45.6 Å². The lowest BCUT2D eigenvalue weighted by Crippen LogP contribution is -2.47. The molecule has 2 saturated heterocycles. The van der Waals surface area contributed by atoms with Crippen molar-refractivity contribution in [2.24, 2.45) is 5.92 Å². The minimum Gasteiger partial charge on any atom is -0.376 e. The molecule has 5 heteroatoms. The number of carbonyl (C=O) groups is 1. The Kier molecular flexibility index (Phi) is 6.65. The molecule has 1 amide bonds. The number of hydrogen-bond donors (Lipinski definition) is 0. The third-order valence-corrected chi connectivity index (χ3v) is 6.74. The van der Waals surface area contributed by atoms with Crippen LogP contribution in [0.2, 0.25) is 0 Å². The maximum absolute atomic E-state index is 12.5. The van der Waals surface area contributed by atoms with Crippen LogP contribution < -0.4 is 0 Å². The zero-order valence-electron chi connectivity index (χ0n) is 17.1. The van der Waals surface area contributed by atoms with Crippen LogP contribution in [0.1, 0.15) is 36.8 Å². The van der Waals surface area contributed by atoms with Crippen LogP contribution in [0.3, 0.4) is 0 Å². The summed E-state index contributed by atoms with van der Waals surface area (Å²) in [5.74, 6) is 0.689. The summed E-state index contributed by atoms with van der Waals surface area (Å²) in [5, 5.41) is 0. The molecule has 2 fully saturated rings. The van der Waals surface area contributed by atoms with Gasteiger partial charge in [0.2, 0.25) is 5.91 Å². The quantitative estimate of drug-likeness (QED) is 0.722. The van der Waals surface area contributed by atoms with Gasteiger partial charge in [-0.05, 0) is 68.7 Å². The van der Waals surface area contributed by atoms with E-state index in [2.05, 4.69) is 29.2 Å². The molecule has 1 aliphatic carbocycles. The highest BCUT2D eigenvalue weighted by molar-refractivity contribution is 5.77. The van der Waals surface area contributed by atoms with Crippen LogP contribution in [-0.2, 0) is 27.1 Å². The van der Waals surface area contributed by atoms with Gasteiger partial charge in [0.25, 0.3) is 0 Å². The van der Waals surface area contributed by atoms with E-state index < -0.39 is 0 Å². The number of carbonyl (C=O) groups excluding carboxylic acids is 1. The number of rotatable bonds is 7. The van der Waals surface area contributed by atoms with E-state index >= 15 is 0 Å². The van der Waals surface area contributed by atoms with E-state index in [1.807, 2.05) is 4.90 Å². The largest absolute Gasteiger partial charge is 0.376 e. The molecule has 28 heavy (non-hydrogen) atoms. The van der Waals surface area contributed by atoms with Crippen molar-refractivity contribution in [2.45, 2.75) is 50.7 Å². The van der Waals surface area contributed by atoms with E-state index in [0.29, 0.717) is 12.0 Å². The van der Waals surface area contributed by atoms with Gasteiger partial charge in [-0.1, -0.05) is 24.3 Å². The molecule has 0 saturated carbocycles. The summed E-state index contributed by atoms with van der Waals surface area (Å²) < 4.78 is 10.9. The number of nitrogens with zero attached hydrogens (tertiary/aromatic N) is 2. The van der Waals surface area contributed by atoms with Crippen LogP contribution in [-0.4, -0.2) is 74.4 Å². The summed E-state index contributed by atoms with van der Waals surface area (Å²) >= 11 is 0. The van der Waals surface area contributed by atoms with Gasteiger partial charge in [-0.15, -0.1) is 0 Å². The number of fused-ring (bicyclic) bond motifs is 1. The molecule has 2 aliphatic heterocycles. The highest BCUT2D eigenvalue weighted by Crippen LogP contribution is 2.29. The highest BCUT2D eigenvalue weighted by Gasteiger charge is 2.31. The Morgan fingerprint density at radius 2 is 1.86 bits per heavy atom. The zero-order chi connectivity index (χ0) is 19.3. The number of ether oxygens (including phenoxy) is 2. The number of methoxy groups -OCH3 is 1. The summed E-state index contributed by atoms with van der Waals surface area (Å²) in [7, 11) is 1.60. The van der Waals surface area contributed by atoms with Crippen LogP contribution in [0.4, 0.5) is 0 Å². The van der Waals surface area contributed by atoms with Crippen molar-refractivity contribution >= 4 is 5.91 Å². The maximum Gasteiger partial charge on any atom is 0.248 e. The molecule has 154 valence electrons. The highest BCUT2D eigenvalue weighted by atomic mass is 16.5. The van der Waals surface area contributed by atoms with Gasteiger partial charge in [0.1, 0.15) is 6.61 Å². The van der Waals surface area contributed by atoms with Crippen LogP contribution in [0.25, 0.3) is 0 Å². The first-order valence-electron chi connectivity index (χ1n) is 10.9. The lowest BCUT2D eigenvalue weighted by Gasteiger charge is -2.38. The van der Waals surface area contributed by atoms with Crippen LogP contribution in [0, 0.1) is 5.92 Å². The summed E-state index contributed by atoms with van der Waals surface area (Å²) in [6.07, 6.45) is 7.12. The average Bonchev–Trinajstić information content (AvgIpc) is 3.37. The maximum atomic E-state index is 12.5. The van der Waals surface area contributed by atoms with Gasteiger partial charge in [0.15, 0.2) is 0 Å². The molecule has 3 aliphatic rings. The zero-order valence-corrected chi connectivity index (χ0v) is 17.1. The fourth-order valence-corrected chi connectivity index (χ4v) is 5.13. The fraction of sp³-hybridized carbons (Fsp3) is 0.696. The molecule has 2 heterocycles. The van der Waals surface area contributed by atoms with Gasteiger partial charge < -0.3 is 14.4 Å². The first-order valence-corrected chi connectivity index (χ1v) is 10.9. The van der Waals surface area contributed by atoms with Gasteiger partial charge >= 0.3 is 0 Å². The number of likely N-dealkylation sites (tertiary alicyclic amines) is 1. The minimum absolute atomic E-state index is 0.103. The summed E-state index contributed by atoms with van der Waals surface area (Å²) in [6.45, 7) is 4.87. The first kappa shape index (κ1) is 19.9. The molecule has 5 nitrogen and oxygen atoms in total. The normalized spacial score (nSPS) is 23.8. The van der Waals surface area contributed by atoms with E-state index in [9.17, 15) is 4.79 Å². The second kappa shape index (κ2) is 9.38. The lowest BCUT2D eigenvalue weighted by molar-refractivity contribution is -0.137. The predicted molar refractivity (Wildman–Crippen MR) is 109 cm³/mol. The van der Waals surface area contributed by atoms with Crippen LogP contribution >= 0.6 is 0 Å². The Morgan fingerprint density at radius 3 is 2.46 bits per heavy atom. The van der Waals surface area contributed by atoms with Crippen LogP contribution in [0.15, 0.2) is 24.3 Å². The smallest absolute Gasteiger partial charge is 0.248 e. The fourth-order valence-electron chi connectivity index (χ4n) is 5.13. The second-order valence-electron chi connectivity index (χ2n) is 8.68. The Hall–Kier alpha value is -1.43. The first-order chi connectivity index (χ1) is 13.7.